The zero-order valence-electron chi connectivity index (χ0n) is 12.9. The molecule has 9 heteroatoms. The zero-order valence-corrected chi connectivity index (χ0v) is 17.4. The van der Waals surface area contributed by atoms with Gasteiger partial charge in [0.2, 0.25) is 0 Å². The van der Waals surface area contributed by atoms with Crippen LogP contribution < -0.4 is 10.8 Å². The van der Waals surface area contributed by atoms with Crippen LogP contribution in [0.4, 0.5) is 15.8 Å². The molecule has 2 aromatic carbocycles. The lowest BCUT2D eigenvalue weighted by molar-refractivity contribution is -0.0303. The second-order valence-electron chi connectivity index (χ2n) is 5.10. The lowest BCUT2D eigenvalue weighted by Gasteiger charge is -2.15. The number of nitrogens with one attached hydrogen (secondary N) is 2. The number of carbonyl (C=O) groups is 1. The highest BCUT2D eigenvalue weighted by Crippen LogP contribution is 2.31. The number of rotatable bonds is 6. The number of carbonyl (C=O) groups excluding carboxylic acids is 1. The van der Waals surface area contributed by atoms with E-state index in [1.807, 2.05) is 6.07 Å². The minimum atomic E-state index is -0.592. The number of halogens is 4. The average Bonchev–Trinajstić information content (AvgIpc) is 2.57. The molecule has 0 aliphatic heterocycles. The Hall–Kier alpha value is -0.940. The summed E-state index contributed by atoms with van der Waals surface area (Å²) in [6, 6.07) is 7.82. The largest absolute Gasteiger partial charge is 0.394 e. The number of aliphatic hydroxyl groups is 1. The van der Waals surface area contributed by atoms with Gasteiger partial charge in [-0.05, 0) is 75.8 Å². The van der Waals surface area contributed by atoms with Crippen molar-refractivity contribution in [1.82, 2.24) is 5.48 Å². The molecule has 1 atom stereocenters. The van der Waals surface area contributed by atoms with E-state index >= 15 is 0 Å². The number of anilines is 2. The lowest BCUT2D eigenvalue weighted by atomic mass is 10.1. The Bertz CT molecular complexity index is 794. The van der Waals surface area contributed by atoms with E-state index in [1.54, 1.807) is 19.1 Å². The van der Waals surface area contributed by atoms with Crippen molar-refractivity contribution >= 4 is 67.4 Å². The monoisotopic (exact) mass is 542 g/mol. The normalized spacial score (nSPS) is 11.9. The van der Waals surface area contributed by atoms with E-state index in [-0.39, 0.29) is 22.3 Å². The Kier molecular flexibility index (Phi) is 7.44. The summed E-state index contributed by atoms with van der Waals surface area (Å²) in [7, 11) is 0. The van der Waals surface area contributed by atoms with Crippen LogP contribution in [-0.4, -0.2) is 23.7 Å². The molecule has 2 aromatic rings. The van der Waals surface area contributed by atoms with Crippen molar-refractivity contribution in [2.75, 3.05) is 11.9 Å². The summed E-state index contributed by atoms with van der Waals surface area (Å²) < 4.78 is 15.0. The van der Waals surface area contributed by atoms with Gasteiger partial charge in [-0.1, -0.05) is 11.6 Å². The van der Waals surface area contributed by atoms with Crippen molar-refractivity contribution in [3.63, 3.8) is 0 Å². The van der Waals surface area contributed by atoms with E-state index in [9.17, 15) is 9.18 Å². The van der Waals surface area contributed by atoms with E-state index in [0.717, 1.165) is 3.57 Å². The summed E-state index contributed by atoms with van der Waals surface area (Å²) >= 11 is 11.4. The minimum absolute atomic E-state index is 0.132. The predicted octanol–water partition coefficient (Wildman–Crippen LogP) is 4.63. The Labute approximate surface area is 171 Å². The zero-order chi connectivity index (χ0) is 18.6. The summed E-state index contributed by atoms with van der Waals surface area (Å²) in [6.07, 6.45) is -0.574. The van der Waals surface area contributed by atoms with Crippen molar-refractivity contribution in [3.05, 3.63) is 54.8 Å². The summed E-state index contributed by atoms with van der Waals surface area (Å²) in [5, 5.41) is 12.3. The molecule has 0 saturated heterocycles. The van der Waals surface area contributed by atoms with Crippen LogP contribution in [0.25, 0.3) is 0 Å². The molecular weight excluding hydrogens is 529 g/mol. The van der Waals surface area contributed by atoms with Gasteiger partial charge in [0.05, 0.1) is 33.0 Å². The number of hydrogen-bond acceptors (Lipinski definition) is 4. The number of amides is 1. The van der Waals surface area contributed by atoms with Gasteiger partial charge in [0.25, 0.3) is 5.91 Å². The molecule has 0 aliphatic carbocycles. The van der Waals surface area contributed by atoms with Crippen molar-refractivity contribution in [1.29, 1.82) is 0 Å². The SMILES string of the molecule is CC(CO)ONC(=O)c1cc(Br)c(F)cc1Nc1ccc(I)cc1Cl. The summed E-state index contributed by atoms with van der Waals surface area (Å²) in [5.41, 5.74) is 3.13. The maximum absolute atomic E-state index is 13.9. The molecule has 0 heterocycles. The molecule has 1 amide bonds. The number of hydrogen-bond donors (Lipinski definition) is 3. The van der Waals surface area contributed by atoms with Crippen LogP contribution in [0, 0.1) is 9.39 Å². The van der Waals surface area contributed by atoms with Crippen molar-refractivity contribution < 1.29 is 19.1 Å². The van der Waals surface area contributed by atoms with E-state index in [2.05, 4.69) is 49.3 Å². The molecule has 25 heavy (non-hydrogen) atoms. The highest BCUT2D eigenvalue weighted by Gasteiger charge is 2.17. The molecular formula is C16H14BrClFIN2O3. The van der Waals surface area contributed by atoms with E-state index < -0.39 is 17.8 Å². The van der Waals surface area contributed by atoms with Gasteiger partial charge in [-0.3, -0.25) is 9.63 Å². The van der Waals surface area contributed by atoms with E-state index in [4.69, 9.17) is 21.5 Å². The third kappa shape index (κ3) is 5.52. The standard InChI is InChI=1S/C16H14BrClFIN2O3/c1-8(7-23)25-22-16(24)10-5-11(17)13(19)6-15(10)21-14-3-2-9(20)4-12(14)18/h2-6,8,21,23H,7H2,1H3,(H,22,24). The van der Waals surface area contributed by atoms with Gasteiger partial charge in [0.15, 0.2) is 0 Å². The molecule has 0 aromatic heterocycles. The molecule has 0 spiro atoms. The number of aliphatic hydroxyl groups excluding tert-OH is 1. The quantitative estimate of drug-likeness (QED) is 0.367. The second-order valence-corrected chi connectivity index (χ2v) is 7.61. The molecule has 3 N–H and O–H groups in total. The molecule has 1 unspecified atom stereocenters. The third-order valence-corrected chi connectivity index (χ3v) is 4.71. The third-order valence-electron chi connectivity index (χ3n) is 3.12. The van der Waals surface area contributed by atoms with Crippen LogP contribution in [0.1, 0.15) is 17.3 Å². The Morgan fingerprint density at radius 1 is 1.40 bits per heavy atom. The fourth-order valence-electron chi connectivity index (χ4n) is 1.82. The molecule has 134 valence electrons. The first-order valence-corrected chi connectivity index (χ1v) is 9.34. The van der Waals surface area contributed by atoms with E-state index in [0.29, 0.717) is 10.7 Å². The lowest BCUT2D eigenvalue weighted by Crippen LogP contribution is -2.30. The fraction of sp³-hybridized carbons (Fsp3) is 0.188. The fourth-order valence-corrected chi connectivity index (χ4v) is 3.07. The summed E-state index contributed by atoms with van der Waals surface area (Å²) in [6.45, 7) is 1.34. The highest BCUT2D eigenvalue weighted by atomic mass is 127. The van der Waals surface area contributed by atoms with Crippen LogP contribution in [0.2, 0.25) is 5.02 Å². The molecule has 5 nitrogen and oxygen atoms in total. The van der Waals surface area contributed by atoms with Crippen LogP contribution in [0.3, 0.4) is 0 Å². The summed E-state index contributed by atoms with van der Waals surface area (Å²) in [5.74, 6) is -1.13. The first kappa shape index (κ1) is 20.4. The molecule has 0 radical (unpaired) electrons. The van der Waals surface area contributed by atoms with Gasteiger partial charge in [-0.2, -0.15) is 0 Å². The van der Waals surface area contributed by atoms with Gasteiger partial charge in [0.1, 0.15) is 11.9 Å². The van der Waals surface area contributed by atoms with Crippen LogP contribution in [0.5, 0.6) is 0 Å². The number of hydroxylamine groups is 1. The molecule has 0 fully saturated rings. The van der Waals surface area contributed by atoms with Gasteiger partial charge in [-0.15, -0.1) is 0 Å². The average molecular weight is 544 g/mol. The smallest absolute Gasteiger partial charge is 0.277 e. The van der Waals surface area contributed by atoms with Crippen LogP contribution in [-0.2, 0) is 4.84 Å². The second kappa shape index (κ2) is 9.13. The Morgan fingerprint density at radius 3 is 2.76 bits per heavy atom. The minimum Gasteiger partial charge on any atom is -0.394 e. The van der Waals surface area contributed by atoms with Crippen molar-refractivity contribution in [3.8, 4) is 0 Å². The maximum atomic E-state index is 13.9. The van der Waals surface area contributed by atoms with Crippen molar-refractivity contribution in [2.45, 2.75) is 13.0 Å². The van der Waals surface area contributed by atoms with Gasteiger partial charge in [0, 0.05) is 3.57 Å². The summed E-state index contributed by atoms with van der Waals surface area (Å²) in [4.78, 5) is 17.4. The molecule has 0 saturated carbocycles. The van der Waals surface area contributed by atoms with E-state index in [1.165, 1.54) is 12.1 Å². The van der Waals surface area contributed by atoms with Crippen molar-refractivity contribution in [2.24, 2.45) is 0 Å². The highest BCUT2D eigenvalue weighted by molar-refractivity contribution is 14.1. The Balaban J connectivity index is 2.33. The molecule has 0 aliphatic rings. The number of benzene rings is 2. The van der Waals surface area contributed by atoms with Gasteiger partial charge in [-0.25, -0.2) is 9.87 Å². The van der Waals surface area contributed by atoms with Gasteiger partial charge < -0.3 is 10.4 Å². The van der Waals surface area contributed by atoms with Gasteiger partial charge >= 0.3 is 0 Å². The first-order chi connectivity index (χ1) is 11.8. The predicted molar refractivity (Wildman–Crippen MR) is 107 cm³/mol. The van der Waals surface area contributed by atoms with Crippen LogP contribution in [0.15, 0.2) is 34.8 Å². The Morgan fingerprint density at radius 2 is 2.12 bits per heavy atom. The maximum Gasteiger partial charge on any atom is 0.277 e. The topological polar surface area (TPSA) is 70.6 Å². The molecule has 2 rings (SSSR count). The molecule has 0 bridgehead atoms. The van der Waals surface area contributed by atoms with Crippen LogP contribution >= 0.6 is 50.1 Å². The first-order valence-electron chi connectivity index (χ1n) is 7.09.